The lowest BCUT2D eigenvalue weighted by Crippen LogP contribution is -2.39. The van der Waals surface area contributed by atoms with E-state index in [1.165, 1.54) is 0 Å². The monoisotopic (exact) mass is 333 g/mol. The van der Waals surface area contributed by atoms with Crippen LogP contribution in [-0.2, 0) is 0 Å². The highest BCUT2D eigenvalue weighted by molar-refractivity contribution is 6.30. The number of rotatable bonds is 3. The molecule has 0 N–H and O–H groups in total. The standard InChI is InChI=1S/C17H20ClN3O2/c1-11(2)15-19-16(23-20-15)13-4-3-9-21(10-13)17(22)12-5-7-14(18)8-6-12/h5-8,11,13H,3-4,9-10H2,1-2H3. The van der Waals surface area contributed by atoms with Crippen LogP contribution in [0.2, 0.25) is 5.02 Å². The first-order chi connectivity index (χ1) is 11.0. The molecule has 1 aromatic heterocycles. The Kier molecular flexibility index (Phi) is 4.66. The third-order valence-corrected chi connectivity index (χ3v) is 4.37. The van der Waals surface area contributed by atoms with Gasteiger partial charge in [0.15, 0.2) is 5.82 Å². The van der Waals surface area contributed by atoms with E-state index in [0.29, 0.717) is 23.0 Å². The van der Waals surface area contributed by atoms with Crippen LogP contribution in [0.15, 0.2) is 28.8 Å². The summed E-state index contributed by atoms with van der Waals surface area (Å²) in [5.74, 6) is 1.74. The van der Waals surface area contributed by atoms with Crippen molar-refractivity contribution in [2.24, 2.45) is 0 Å². The first kappa shape index (κ1) is 16.0. The molecule has 0 saturated carbocycles. The summed E-state index contributed by atoms with van der Waals surface area (Å²) in [5, 5.41) is 4.65. The third-order valence-electron chi connectivity index (χ3n) is 4.12. The zero-order chi connectivity index (χ0) is 16.4. The Morgan fingerprint density at radius 1 is 1.35 bits per heavy atom. The fourth-order valence-corrected chi connectivity index (χ4v) is 2.91. The lowest BCUT2D eigenvalue weighted by Gasteiger charge is -2.31. The van der Waals surface area contributed by atoms with Crippen LogP contribution in [0.5, 0.6) is 0 Å². The van der Waals surface area contributed by atoms with Crippen LogP contribution >= 0.6 is 11.6 Å². The zero-order valence-corrected chi connectivity index (χ0v) is 14.1. The maximum Gasteiger partial charge on any atom is 0.253 e. The predicted molar refractivity (Wildman–Crippen MR) is 87.7 cm³/mol. The molecule has 1 aliphatic heterocycles. The molecule has 1 atom stereocenters. The number of aromatic nitrogens is 2. The smallest absolute Gasteiger partial charge is 0.253 e. The van der Waals surface area contributed by atoms with Gasteiger partial charge in [-0.3, -0.25) is 4.79 Å². The topological polar surface area (TPSA) is 59.2 Å². The van der Waals surface area contributed by atoms with Gasteiger partial charge in [-0.25, -0.2) is 0 Å². The van der Waals surface area contributed by atoms with E-state index in [0.717, 1.165) is 25.2 Å². The molecule has 6 heteroatoms. The Labute approximate surface area is 140 Å². The van der Waals surface area contributed by atoms with Crippen molar-refractivity contribution in [1.29, 1.82) is 0 Å². The highest BCUT2D eigenvalue weighted by Gasteiger charge is 2.29. The number of amides is 1. The number of benzene rings is 1. The minimum absolute atomic E-state index is 0.0231. The Balaban J connectivity index is 1.72. The zero-order valence-electron chi connectivity index (χ0n) is 13.3. The number of carbonyl (C=O) groups excluding carboxylic acids is 1. The molecule has 1 amide bonds. The molecule has 3 rings (SSSR count). The Morgan fingerprint density at radius 2 is 2.09 bits per heavy atom. The van der Waals surface area contributed by atoms with Gasteiger partial charge in [-0.1, -0.05) is 30.6 Å². The lowest BCUT2D eigenvalue weighted by atomic mass is 9.97. The second kappa shape index (κ2) is 6.71. The van der Waals surface area contributed by atoms with Crippen molar-refractivity contribution in [2.45, 2.75) is 38.5 Å². The Morgan fingerprint density at radius 3 is 2.74 bits per heavy atom. The molecule has 0 bridgehead atoms. The Bertz CT molecular complexity index is 681. The van der Waals surface area contributed by atoms with Crippen molar-refractivity contribution < 1.29 is 9.32 Å². The van der Waals surface area contributed by atoms with Gasteiger partial charge in [-0.05, 0) is 37.1 Å². The number of hydrogen-bond acceptors (Lipinski definition) is 4. The van der Waals surface area contributed by atoms with Crippen molar-refractivity contribution in [3.8, 4) is 0 Å². The lowest BCUT2D eigenvalue weighted by molar-refractivity contribution is 0.0695. The fraction of sp³-hybridized carbons (Fsp3) is 0.471. The van der Waals surface area contributed by atoms with Gasteiger partial charge in [0.25, 0.3) is 5.91 Å². The molecule has 0 aliphatic carbocycles. The van der Waals surface area contributed by atoms with E-state index in [2.05, 4.69) is 10.1 Å². The van der Waals surface area contributed by atoms with E-state index in [4.69, 9.17) is 16.1 Å². The van der Waals surface area contributed by atoms with E-state index < -0.39 is 0 Å². The molecular formula is C17H20ClN3O2. The fourth-order valence-electron chi connectivity index (χ4n) is 2.79. The molecule has 0 radical (unpaired) electrons. The quantitative estimate of drug-likeness (QED) is 0.855. The summed E-state index contributed by atoms with van der Waals surface area (Å²) in [6, 6.07) is 7.00. The van der Waals surface area contributed by atoms with Gasteiger partial charge in [0, 0.05) is 29.6 Å². The normalized spacial score (nSPS) is 18.4. The van der Waals surface area contributed by atoms with Crippen LogP contribution < -0.4 is 0 Å². The van der Waals surface area contributed by atoms with Crippen LogP contribution in [-0.4, -0.2) is 34.0 Å². The molecule has 1 aromatic carbocycles. The molecule has 1 fully saturated rings. The van der Waals surface area contributed by atoms with E-state index >= 15 is 0 Å². The summed E-state index contributed by atoms with van der Waals surface area (Å²) in [5.41, 5.74) is 0.656. The van der Waals surface area contributed by atoms with Crippen LogP contribution in [0.25, 0.3) is 0 Å². The van der Waals surface area contributed by atoms with E-state index in [-0.39, 0.29) is 17.7 Å². The molecule has 1 aliphatic rings. The highest BCUT2D eigenvalue weighted by Crippen LogP contribution is 2.27. The Hall–Kier alpha value is -1.88. The largest absolute Gasteiger partial charge is 0.339 e. The van der Waals surface area contributed by atoms with Gasteiger partial charge < -0.3 is 9.42 Å². The van der Waals surface area contributed by atoms with Crippen molar-refractivity contribution >= 4 is 17.5 Å². The molecule has 23 heavy (non-hydrogen) atoms. The van der Waals surface area contributed by atoms with Crippen LogP contribution in [0, 0.1) is 0 Å². The summed E-state index contributed by atoms with van der Waals surface area (Å²) in [6.45, 7) is 5.43. The molecule has 5 nitrogen and oxygen atoms in total. The minimum Gasteiger partial charge on any atom is -0.339 e. The van der Waals surface area contributed by atoms with Crippen LogP contribution in [0.4, 0.5) is 0 Å². The van der Waals surface area contributed by atoms with Crippen molar-refractivity contribution in [3.05, 3.63) is 46.6 Å². The SMILES string of the molecule is CC(C)c1noc(C2CCCN(C(=O)c3ccc(Cl)cc3)C2)n1. The van der Waals surface area contributed by atoms with Gasteiger partial charge in [0.2, 0.25) is 5.89 Å². The highest BCUT2D eigenvalue weighted by atomic mass is 35.5. The summed E-state index contributed by atoms with van der Waals surface area (Å²) < 4.78 is 5.40. The maximum atomic E-state index is 12.6. The molecule has 0 spiro atoms. The molecule has 1 unspecified atom stereocenters. The maximum absolute atomic E-state index is 12.6. The number of piperidine rings is 1. The van der Waals surface area contributed by atoms with Crippen LogP contribution in [0.3, 0.4) is 0 Å². The third kappa shape index (κ3) is 3.55. The van der Waals surface area contributed by atoms with Gasteiger partial charge in [0.05, 0.1) is 5.92 Å². The molecule has 2 aromatic rings. The molecule has 122 valence electrons. The number of likely N-dealkylation sites (tertiary alicyclic amines) is 1. The van der Waals surface area contributed by atoms with Crippen molar-refractivity contribution in [2.75, 3.05) is 13.1 Å². The van der Waals surface area contributed by atoms with E-state index in [9.17, 15) is 4.79 Å². The van der Waals surface area contributed by atoms with Gasteiger partial charge >= 0.3 is 0 Å². The molecule has 1 saturated heterocycles. The first-order valence-corrected chi connectivity index (χ1v) is 8.30. The molecule has 2 heterocycles. The second-order valence-electron chi connectivity index (χ2n) is 6.24. The van der Waals surface area contributed by atoms with Crippen molar-refractivity contribution in [3.63, 3.8) is 0 Å². The predicted octanol–water partition coefficient (Wildman–Crippen LogP) is 3.87. The van der Waals surface area contributed by atoms with Crippen molar-refractivity contribution in [1.82, 2.24) is 15.0 Å². The summed E-state index contributed by atoms with van der Waals surface area (Å²) >= 11 is 5.88. The van der Waals surface area contributed by atoms with Gasteiger partial charge in [-0.2, -0.15) is 4.98 Å². The van der Waals surface area contributed by atoms with E-state index in [1.807, 2.05) is 18.7 Å². The van der Waals surface area contributed by atoms with E-state index in [1.54, 1.807) is 24.3 Å². The van der Waals surface area contributed by atoms with Gasteiger partial charge in [-0.15, -0.1) is 0 Å². The van der Waals surface area contributed by atoms with Crippen LogP contribution in [0.1, 0.15) is 60.6 Å². The average molecular weight is 334 g/mol. The molecular weight excluding hydrogens is 314 g/mol. The van der Waals surface area contributed by atoms with Gasteiger partial charge in [0.1, 0.15) is 0 Å². The number of halogens is 1. The number of hydrogen-bond donors (Lipinski definition) is 0. The number of nitrogens with zero attached hydrogens (tertiary/aromatic N) is 3. The summed E-state index contributed by atoms with van der Waals surface area (Å²) in [6.07, 6.45) is 1.90. The summed E-state index contributed by atoms with van der Waals surface area (Å²) in [7, 11) is 0. The first-order valence-electron chi connectivity index (χ1n) is 7.93. The second-order valence-corrected chi connectivity index (χ2v) is 6.68. The summed E-state index contributed by atoms with van der Waals surface area (Å²) in [4.78, 5) is 19.0. The average Bonchev–Trinajstić information content (AvgIpc) is 3.05. The number of carbonyl (C=O) groups is 1. The minimum atomic E-state index is 0.0231.